The lowest BCUT2D eigenvalue weighted by Crippen LogP contribution is -2.14. The molecule has 25 heavy (non-hydrogen) atoms. The SMILES string of the molecule is CC[C@@H](C)N=C(N)SCc1nc2scc(-c3ccccc3)c2c(=O)[nH]1. The second-order valence-corrected chi connectivity index (χ2v) is 7.58. The van der Waals surface area contributed by atoms with Crippen LogP contribution in [-0.4, -0.2) is 21.2 Å². The fraction of sp³-hybridized carbons (Fsp3) is 0.278. The number of H-pyrrole nitrogens is 1. The zero-order valence-corrected chi connectivity index (χ0v) is 15.8. The molecule has 0 bridgehead atoms. The molecule has 2 heterocycles. The van der Waals surface area contributed by atoms with Gasteiger partial charge in [-0.1, -0.05) is 49.0 Å². The molecular formula is C18H20N4OS2. The summed E-state index contributed by atoms with van der Waals surface area (Å²) in [4.78, 5) is 25.2. The van der Waals surface area contributed by atoms with Crippen LogP contribution in [0.1, 0.15) is 26.1 Å². The molecule has 3 aromatic rings. The maximum Gasteiger partial charge on any atom is 0.260 e. The van der Waals surface area contributed by atoms with Gasteiger partial charge in [-0.15, -0.1) is 11.3 Å². The molecule has 0 unspecified atom stereocenters. The molecule has 1 aromatic carbocycles. The van der Waals surface area contributed by atoms with Gasteiger partial charge in [0.2, 0.25) is 0 Å². The molecule has 1 atom stereocenters. The largest absolute Gasteiger partial charge is 0.379 e. The van der Waals surface area contributed by atoms with Gasteiger partial charge in [0.25, 0.3) is 5.56 Å². The number of rotatable bonds is 5. The first-order chi connectivity index (χ1) is 12.1. The summed E-state index contributed by atoms with van der Waals surface area (Å²) in [6, 6.07) is 10.1. The highest BCUT2D eigenvalue weighted by Gasteiger charge is 2.13. The number of thiophene rings is 1. The van der Waals surface area contributed by atoms with Gasteiger partial charge in [-0.05, 0) is 18.9 Å². The lowest BCUT2D eigenvalue weighted by Gasteiger charge is -2.05. The van der Waals surface area contributed by atoms with E-state index in [1.165, 1.54) is 23.1 Å². The predicted molar refractivity (Wildman–Crippen MR) is 108 cm³/mol. The normalized spacial score (nSPS) is 13.3. The average molecular weight is 373 g/mol. The summed E-state index contributed by atoms with van der Waals surface area (Å²) in [6.45, 7) is 4.09. The van der Waals surface area contributed by atoms with Gasteiger partial charge in [0.15, 0.2) is 5.17 Å². The van der Waals surface area contributed by atoms with E-state index in [2.05, 4.69) is 21.9 Å². The van der Waals surface area contributed by atoms with Crippen LogP contribution in [0.25, 0.3) is 21.3 Å². The van der Waals surface area contributed by atoms with Crippen LogP contribution in [0.5, 0.6) is 0 Å². The van der Waals surface area contributed by atoms with Crippen molar-refractivity contribution in [2.24, 2.45) is 10.7 Å². The summed E-state index contributed by atoms with van der Waals surface area (Å²) >= 11 is 2.88. The van der Waals surface area contributed by atoms with Crippen LogP contribution in [0.4, 0.5) is 0 Å². The highest BCUT2D eigenvalue weighted by Crippen LogP contribution is 2.30. The van der Waals surface area contributed by atoms with E-state index >= 15 is 0 Å². The molecule has 2 aromatic heterocycles. The Bertz CT molecular complexity index is 947. The molecule has 0 amide bonds. The minimum Gasteiger partial charge on any atom is -0.379 e. The van der Waals surface area contributed by atoms with Gasteiger partial charge < -0.3 is 10.7 Å². The quantitative estimate of drug-likeness (QED) is 0.524. The van der Waals surface area contributed by atoms with E-state index in [0.29, 0.717) is 22.1 Å². The number of nitrogens with two attached hydrogens (primary N) is 1. The average Bonchev–Trinajstić information content (AvgIpc) is 3.05. The molecule has 0 spiro atoms. The van der Waals surface area contributed by atoms with E-state index in [1.54, 1.807) is 0 Å². The number of aliphatic imine (C=N–C) groups is 1. The second kappa shape index (κ2) is 7.84. The minimum absolute atomic E-state index is 0.113. The lowest BCUT2D eigenvalue weighted by atomic mass is 10.1. The molecule has 0 radical (unpaired) electrons. The number of hydrogen-bond acceptors (Lipinski definition) is 5. The van der Waals surface area contributed by atoms with Crippen molar-refractivity contribution in [3.05, 3.63) is 51.9 Å². The van der Waals surface area contributed by atoms with E-state index < -0.39 is 0 Å². The molecule has 0 aliphatic heterocycles. The number of aromatic nitrogens is 2. The summed E-state index contributed by atoms with van der Waals surface area (Å²) in [5, 5.41) is 3.15. The summed E-state index contributed by atoms with van der Waals surface area (Å²) in [5.74, 6) is 1.11. The number of thioether (sulfide) groups is 1. The third-order valence-corrected chi connectivity index (χ3v) is 5.56. The fourth-order valence-electron chi connectivity index (χ4n) is 2.38. The van der Waals surface area contributed by atoms with Gasteiger partial charge >= 0.3 is 0 Å². The van der Waals surface area contributed by atoms with Crippen LogP contribution in [-0.2, 0) is 5.75 Å². The summed E-state index contributed by atoms with van der Waals surface area (Å²) in [7, 11) is 0. The number of fused-ring (bicyclic) bond motifs is 1. The number of nitrogens with zero attached hydrogens (tertiary/aromatic N) is 2. The number of nitrogens with one attached hydrogen (secondary N) is 1. The van der Waals surface area contributed by atoms with Gasteiger partial charge in [-0.2, -0.15) is 0 Å². The van der Waals surface area contributed by atoms with Crippen molar-refractivity contribution in [2.75, 3.05) is 0 Å². The Morgan fingerprint density at radius 1 is 1.40 bits per heavy atom. The lowest BCUT2D eigenvalue weighted by molar-refractivity contribution is 0.718. The Balaban J connectivity index is 1.86. The first-order valence-corrected chi connectivity index (χ1v) is 9.97. The molecular weight excluding hydrogens is 352 g/mol. The fourth-order valence-corrected chi connectivity index (χ4v) is 4.02. The van der Waals surface area contributed by atoms with Crippen LogP contribution >= 0.6 is 23.1 Å². The predicted octanol–water partition coefficient (Wildman–Crippen LogP) is 4.00. The van der Waals surface area contributed by atoms with Crippen molar-refractivity contribution >= 4 is 38.5 Å². The van der Waals surface area contributed by atoms with E-state index in [9.17, 15) is 4.79 Å². The maximum atomic E-state index is 12.6. The van der Waals surface area contributed by atoms with Crippen molar-refractivity contribution in [3.63, 3.8) is 0 Å². The van der Waals surface area contributed by atoms with Crippen LogP contribution < -0.4 is 11.3 Å². The highest BCUT2D eigenvalue weighted by atomic mass is 32.2. The summed E-state index contributed by atoms with van der Waals surface area (Å²) in [5.41, 5.74) is 7.76. The van der Waals surface area contributed by atoms with E-state index in [0.717, 1.165) is 22.4 Å². The molecule has 3 rings (SSSR count). The minimum atomic E-state index is -0.113. The Labute approximate surface area is 154 Å². The van der Waals surface area contributed by atoms with Crippen LogP contribution in [0.3, 0.4) is 0 Å². The molecule has 0 aliphatic rings. The van der Waals surface area contributed by atoms with E-state index in [1.807, 2.05) is 42.6 Å². The number of benzene rings is 1. The van der Waals surface area contributed by atoms with Crippen molar-refractivity contribution in [2.45, 2.75) is 32.1 Å². The topological polar surface area (TPSA) is 84.1 Å². The van der Waals surface area contributed by atoms with Crippen molar-refractivity contribution in [1.29, 1.82) is 0 Å². The molecule has 0 aliphatic carbocycles. The van der Waals surface area contributed by atoms with Crippen molar-refractivity contribution < 1.29 is 0 Å². The highest BCUT2D eigenvalue weighted by molar-refractivity contribution is 8.13. The van der Waals surface area contributed by atoms with Crippen LogP contribution in [0, 0.1) is 0 Å². The summed E-state index contributed by atoms with van der Waals surface area (Å²) in [6.07, 6.45) is 0.944. The second-order valence-electron chi connectivity index (χ2n) is 5.72. The van der Waals surface area contributed by atoms with Crippen molar-refractivity contribution in [1.82, 2.24) is 9.97 Å². The van der Waals surface area contributed by atoms with Gasteiger partial charge in [-0.3, -0.25) is 9.79 Å². The Morgan fingerprint density at radius 2 is 2.16 bits per heavy atom. The molecule has 130 valence electrons. The zero-order chi connectivity index (χ0) is 17.8. The van der Waals surface area contributed by atoms with Gasteiger partial charge in [-0.25, -0.2) is 4.98 Å². The summed E-state index contributed by atoms with van der Waals surface area (Å²) < 4.78 is 0. The van der Waals surface area contributed by atoms with Gasteiger partial charge in [0.05, 0.1) is 11.1 Å². The van der Waals surface area contributed by atoms with Crippen LogP contribution in [0.2, 0.25) is 0 Å². The number of hydrogen-bond donors (Lipinski definition) is 2. The molecule has 0 saturated carbocycles. The first kappa shape index (κ1) is 17.7. The Morgan fingerprint density at radius 3 is 2.88 bits per heavy atom. The first-order valence-electron chi connectivity index (χ1n) is 8.10. The molecule has 0 fully saturated rings. The molecule has 3 N–H and O–H groups in total. The monoisotopic (exact) mass is 372 g/mol. The Hall–Kier alpha value is -2.12. The molecule has 0 saturated heterocycles. The smallest absolute Gasteiger partial charge is 0.260 e. The van der Waals surface area contributed by atoms with Crippen molar-refractivity contribution in [3.8, 4) is 11.1 Å². The van der Waals surface area contributed by atoms with Gasteiger partial charge in [0, 0.05) is 17.0 Å². The zero-order valence-electron chi connectivity index (χ0n) is 14.2. The standard InChI is InChI=1S/C18H20N4OS2/c1-3-11(2)20-18(19)25-10-14-21-16(23)15-13(9-24-17(15)22-14)12-7-5-4-6-8-12/h4-9,11H,3,10H2,1-2H3,(H2,19,20)(H,21,22,23)/t11-/m1/s1. The third kappa shape index (κ3) is 4.11. The Kier molecular flexibility index (Phi) is 5.55. The third-order valence-electron chi connectivity index (χ3n) is 3.87. The van der Waals surface area contributed by atoms with Gasteiger partial charge in [0.1, 0.15) is 10.7 Å². The van der Waals surface area contributed by atoms with Crippen LogP contribution in [0.15, 0.2) is 45.5 Å². The maximum absolute atomic E-state index is 12.6. The number of aromatic amines is 1. The van der Waals surface area contributed by atoms with E-state index in [-0.39, 0.29) is 11.6 Å². The number of amidine groups is 1. The van der Waals surface area contributed by atoms with E-state index in [4.69, 9.17) is 5.73 Å². The molecule has 5 nitrogen and oxygen atoms in total. The molecule has 7 heteroatoms.